The number of ether oxygens (including phenoxy) is 1. The van der Waals surface area contributed by atoms with Crippen LogP contribution in [0.25, 0.3) is 0 Å². The minimum absolute atomic E-state index is 0.181. The lowest BCUT2D eigenvalue weighted by Crippen LogP contribution is -2.22. The Morgan fingerprint density at radius 3 is 3.00 bits per heavy atom. The molecule has 0 aliphatic carbocycles. The second-order valence-electron chi connectivity index (χ2n) is 4.36. The molecule has 1 aliphatic rings. The number of carbonyl (C=O) groups is 1. The summed E-state index contributed by atoms with van der Waals surface area (Å²) in [5.74, 6) is 0.181. The van der Waals surface area contributed by atoms with E-state index in [-0.39, 0.29) is 18.0 Å². The quantitative estimate of drug-likeness (QED) is 0.777. The van der Waals surface area contributed by atoms with Crippen molar-refractivity contribution in [3.05, 3.63) is 18.0 Å². The molecule has 4 nitrogen and oxygen atoms in total. The Morgan fingerprint density at radius 1 is 1.62 bits per heavy atom. The standard InChI is InChI=1S/C12H18N2O2/c1-3-14-8-10(7-13-14)6-11(15)12-5-4-9(2)16-12/h7-9,12H,3-6H2,1-2H3. The van der Waals surface area contributed by atoms with E-state index in [1.54, 1.807) is 6.20 Å². The van der Waals surface area contributed by atoms with Crippen LogP contribution in [0.15, 0.2) is 12.4 Å². The van der Waals surface area contributed by atoms with Gasteiger partial charge in [-0.25, -0.2) is 0 Å². The molecule has 2 unspecified atom stereocenters. The first-order valence-electron chi connectivity index (χ1n) is 5.88. The summed E-state index contributed by atoms with van der Waals surface area (Å²) in [5.41, 5.74) is 0.981. The van der Waals surface area contributed by atoms with E-state index >= 15 is 0 Å². The summed E-state index contributed by atoms with van der Waals surface area (Å²) >= 11 is 0. The Kier molecular flexibility index (Phi) is 3.39. The largest absolute Gasteiger partial charge is 0.367 e. The normalized spacial score (nSPS) is 24.9. The van der Waals surface area contributed by atoms with E-state index in [0.717, 1.165) is 24.9 Å². The molecule has 2 rings (SSSR count). The molecule has 1 aliphatic heterocycles. The lowest BCUT2D eigenvalue weighted by atomic mass is 10.1. The molecule has 2 heterocycles. The number of aryl methyl sites for hydroxylation is 1. The van der Waals surface area contributed by atoms with Gasteiger partial charge in [0.1, 0.15) is 6.10 Å². The highest BCUT2D eigenvalue weighted by Gasteiger charge is 2.27. The molecular weight excluding hydrogens is 204 g/mol. The van der Waals surface area contributed by atoms with Gasteiger partial charge in [-0.15, -0.1) is 0 Å². The number of aromatic nitrogens is 2. The Morgan fingerprint density at radius 2 is 2.44 bits per heavy atom. The van der Waals surface area contributed by atoms with Crippen LogP contribution in [0, 0.1) is 0 Å². The van der Waals surface area contributed by atoms with E-state index < -0.39 is 0 Å². The topological polar surface area (TPSA) is 44.1 Å². The molecule has 1 aromatic heterocycles. The minimum Gasteiger partial charge on any atom is -0.367 e. The summed E-state index contributed by atoms with van der Waals surface area (Å²) in [4.78, 5) is 11.9. The molecule has 0 amide bonds. The van der Waals surface area contributed by atoms with Gasteiger partial charge in [-0.2, -0.15) is 5.10 Å². The third-order valence-corrected chi connectivity index (χ3v) is 2.98. The van der Waals surface area contributed by atoms with Crippen LogP contribution in [0.2, 0.25) is 0 Å². The van der Waals surface area contributed by atoms with Crippen molar-refractivity contribution in [2.45, 2.75) is 51.9 Å². The number of nitrogens with zero attached hydrogens (tertiary/aromatic N) is 2. The summed E-state index contributed by atoms with van der Waals surface area (Å²) in [6.45, 7) is 4.88. The van der Waals surface area contributed by atoms with Crippen LogP contribution in [0.3, 0.4) is 0 Å². The molecule has 1 saturated heterocycles. The SMILES string of the molecule is CCn1cc(CC(=O)C2CCC(C)O2)cn1. The fraction of sp³-hybridized carbons (Fsp3) is 0.667. The molecule has 2 atom stereocenters. The summed E-state index contributed by atoms with van der Waals surface area (Å²) < 4.78 is 7.39. The molecule has 4 heteroatoms. The van der Waals surface area contributed by atoms with E-state index in [1.807, 2.05) is 24.7 Å². The Balaban J connectivity index is 1.91. The van der Waals surface area contributed by atoms with Gasteiger partial charge in [-0.3, -0.25) is 9.48 Å². The average Bonchev–Trinajstić information content (AvgIpc) is 2.87. The molecule has 16 heavy (non-hydrogen) atoms. The molecule has 0 N–H and O–H groups in total. The van der Waals surface area contributed by atoms with Gasteiger partial charge >= 0.3 is 0 Å². The minimum atomic E-state index is -0.194. The van der Waals surface area contributed by atoms with Crippen LogP contribution in [0.1, 0.15) is 32.3 Å². The molecule has 0 radical (unpaired) electrons. The predicted molar refractivity (Wildman–Crippen MR) is 60.2 cm³/mol. The van der Waals surface area contributed by atoms with Crippen molar-refractivity contribution >= 4 is 5.78 Å². The average molecular weight is 222 g/mol. The third kappa shape index (κ3) is 2.50. The van der Waals surface area contributed by atoms with Crippen LogP contribution < -0.4 is 0 Å². The van der Waals surface area contributed by atoms with Crippen molar-refractivity contribution in [3.63, 3.8) is 0 Å². The van der Waals surface area contributed by atoms with Gasteiger partial charge in [0.15, 0.2) is 5.78 Å². The first-order chi connectivity index (χ1) is 7.69. The number of rotatable bonds is 4. The highest BCUT2D eigenvalue weighted by molar-refractivity contribution is 5.85. The van der Waals surface area contributed by atoms with Crippen molar-refractivity contribution in [2.24, 2.45) is 0 Å². The summed E-state index contributed by atoms with van der Waals surface area (Å²) in [6.07, 6.45) is 6.02. The highest BCUT2D eigenvalue weighted by atomic mass is 16.5. The highest BCUT2D eigenvalue weighted by Crippen LogP contribution is 2.20. The zero-order chi connectivity index (χ0) is 11.5. The summed E-state index contributed by atoms with van der Waals surface area (Å²) in [5, 5.41) is 4.15. The molecule has 1 aromatic rings. The molecule has 0 saturated carbocycles. The van der Waals surface area contributed by atoms with Crippen LogP contribution in [-0.4, -0.2) is 27.8 Å². The van der Waals surface area contributed by atoms with Gasteiger partial charge in [0, 0.05) is 19.2 Å². The maximum Gasteiger partial charge on any atom is 0.166 e. The lowest BCUT2D eigenvalue weighted by molar-refractivity contribution is -0.128. The number of hydrogen-bond acceptors (Lipinski definition) is 3. The predicted octanol–water partition coefficient (Wildman–Crippen LogP) is 1.58. The van der Waals surface area contributed by atoms with Gasteiger partial charge in [0.05, 0.1) is 12.3 Å². The van der Waals surface area contributed by atoms with Crippen LogP contribution >= 0.6 is 0 Å². The Labute approximate surface area is 95.6 Å². The van der Waals surface area contributed by atoms with Crippen molar-refractivity contribution < 1.29 is 9.53 Å². The van der Waals surface area contributed by atoms with Crippen LogP contribution in [0.4, 0.5) is 0 Å². The van der Waals surface area contributed by atoms with E-state index in [0.29, 0.717) is 6.42 Å². The smallest absolute Gasteiger partial charge is 0.166 e. The van der Waals surface area contributed by atoms with Gasteiger partial charge in [0.25, 0.3) is 0 Å². The fourth-order valence-corrected chi connectivity index (χ4v) is 2.03. The summed E-state index contributed by atoms with van der Waals surface area (Å²) in [6, 6.07) is 0. The number of Topliss-reactive ketones (excluding diaryl/α,β-unsaturated/α-hetero) is 1. The van der Waals surface area contributed by atoms with Gasteiger partial charge in [0.2, 0.25) is 0 Å². The van der Waals surface area contributed by atoms with Crippen molar-refractivity contribution in [1.29, 1.82) is 0 Å². The van der Waals surface area contributed by atoms with Crippen molar-refractivity contribution in [2.75, 3.05) is 0 Å². The second kappa shape index (κ2) is 4.78. The van der Waals surface area contributed by atoms with E-state index in [9.17, 15) is 4.79 Å². The molecule has 1 fully saturated rings. The molecule has 0 aromatic carbocycles. The van der Waals surface area contributed by atoms with Crippen LogP contribution in [-0.2, 0) is 22.5 Å². The van der Waals surface area contributed by atoms with Gasteiger partial charge in [-0.05, 0) is 32.3 Å². The van der Waals surface area contributed by atoms with E-state index in [4.69, 9.17) is 4.74 Å². The second-order valence-corrected chi connectivity index (χ2v) is 4.36. The molecular formula is C12H18N2O2. The van der Waals surface area contributed by atoms with Crippen molar-refractivity contribution in [3.8, 4) is 0 Å². The zero-order valence-corrected chi connectivity index (χ0v) is 9.85. The lowest BCUT2D eigenvalue weighted by Gasteiger charge is -2.08. The summed E-state index contributed by atoms with van der Waals surface area (Å²) in [7, 11) is 0. The number of carbonyl (C=O) groups excluding carboxylic acids is 1. The van der Waals surface area contributed by atoms with E-state index in [1.165, 1.54) is 0 Å². The monoisotopic (exact) mass is 222 g/mol. The Hall–Kier alpha value is -1.16. The zero-order valence-electron chi connectivity index (χ0n) is 9.85. The van der Waals surface area contributed by atoms with Crippen molar-refractivity contribution in [1.82, 2.24) is 9.78 Å². The Bertz CT molecular complexity index is 373. The number of ketones is 1. The molecule has 88 valence electrons. The number of hydrogen-bond donors (Lipinski definition) is 0. The molecule has 0 spiro atoms. The molecule has 0 bridgehead atoms. The first-order valence-corrected chi connectivity index (χ1v) is 5.88. The first kappa shape index (κ1) is 11.3. The van der Waals surface area contributed by atoms with E-state index in [2.05, 4.69) is 5.10 Å². The van der Waals surface area contributed by atoms with Gasteiger partial charge < -0.3 is 4.74 Å². The fourth-order valence-electron chi connectivity index (χ4n) is 2.03. The third-order valence-electron chi connectivity index (χ3n) is 2.98. The van der Waals surface area contributed by atoms with Crippen LogP contribution in [0.5, 0.6) is 0 Å². The maximum absolute atomic E-state index is 11.9. The maximum atomic E-state index is 11.9. The van der Waals surface area contributed by atoms with Gasteiger partial charge in [-0.1, -0.05) is 0 Å².